The molecule has 0 aliphatic rings. The van der Waals surface area contributed by atoms with Gasteiger partial charge in [0.15, 0.2) is 11.5 Å². The number of aliphatic imine (C=N–C) groups is 1. The van der Waals surface area contributed by atoms with Gasteiger partial charge in [-0.05, 0) is 67.7 Å². The number of carbonyl (C=O) groups is 1. The van der Waals surface area contributed by atoms with E-state index in [9.17, 15) is 14.0 Å². The fourth-order valence-electron chi connectivity index (χ4n) is 3.64. The molecule has 1 amide bonds. The van der Waals surface area contributed by atoms with Gasteiger partial charge in [-0.15, -0.1) is 0 Å². The van der Waals surface area contributed by atoms with Crippen molar-refractivity contribution in [3.8, 4) is 0 Å². The molecule has 0 aliphatic carbocycles. The molecule has 7 nitrogen and oxygen atoms in total. The van der Waals surface area contributed by atoms with Crippen LogP contribution < -0.4 is 5.56 Å². The van der Waals surface area contributed by atoms with Crippen molar-refractivity contribution in [2.75, 3.05) is 14.1 Å². The molecular weight excluding hydrogens is 481 g/mol. The summed E-state index contributed by atoms with van der Waals surface area (Å²) in [7, 11) is 3.30. The van der Waals surface area contributed by atoms with E-state index in [1.54, 1.807) is 63.0 Å². The lowest BCUT2D eigenvalue weighted by atomic mass is 9.93. The highest BCUT2D eigenvalue weighted by molar-refractivity contribution is 6.31. The number of benzene rings is 1. The van der Waals surface area contributed by atoms with Crippen LogP contribution >= 0.6 is 11.6 Å². The molecular formula is C27H29ClFN5O2. The van der Waals surface area contributed by atoms with Crippen molar-refractivity contribution in [3.63, 3.8) is 0 Å². The summed E-state index contributed by atoms with van der Waals surface area (Å²) in [6.07, 6.45) is 8.81. The molecule has 1 unspecified atom stereocenters. The highest BCUT2D eigenvalue weighted by Gasteiger charge is 2.17. The summed E-state index contributed by atoms with van der Waals surface area (Å²) in [5.41, 5.74) is 2.30. The molecule has 0 fully saturated rings. The normalized spacial score (nSPS) is 13.0. The molecule has 1 aromatic carbocycles. The predicted molar refractivity (Wildman–Crippen MR) is 142 cm³/mol. The number of carbonyl (C=O) groups excluding carboxylic acids is 1. The minimum absolute atomic E-state index is 0.0449. The summed E-state index contributed by atoms with van der Waals surface area (Å²) in [5.74, 6) is -0.159. The minimum Gasteiger partial charge on any atom is -0.343 e. The Morgan fingerprint density at radius 3 is 2.58 bits per heavy atom. The van der Waals surface area contributed by atoms with Crippen molar-refractivity contribution >= 4 is 29.5 Å². The molecule has 3 rings (SSSR count). The summed E-state index contributed by atoms with van der Waals surface area (Å²) in [4.78, 5) is 31.2. The summed E-state index contributed by atoms with van der Waals surface area (Å²) < 4.78 is 16.1. The van der Waals surface area contributed by atoms with Crippen LogP contribution in [0, 0.1) is 12.7 Å². The zero-order chi connectivity index (χ0) is 26.4. The van der Waals surface area contributed by atoms with Gasteiger partial charge in [-0.25, -0.2) is 14.1 Å². The predicted octanol–water partition coefficient (Wildman–Crippen LogP) is 5.14. The molecule has 0 aliphatic heterocycles. The van der Waals surface area contributed by atoms with Gasteiger partial charge in [-0.2, -0.15) is 5.10 Å². The fraction of sp³-hybridized carbons (Fsp3) is 0.259. The molecule has 3 aromatic rings. The topological polar surface area (TPSA) is 72.5 Å². The monoisotopic (exact) mass is 509 g/mol. The van der Waals surface area contributed by atoms with Gasteiger partial charge in [0.05, 0.1) is 0 Å². The number of aryl methyl sites for hydroxylation is 1. The number of hydrogen-bond acceptors (Lipinski definition) is 4. The first-order valence-corrected chi connectivity index (χ1v) is 11.8. The summed E-state index contributed by atoms with van der Waals surface area (Å²) in [6, 6.07) is 9.79. The van der Waals surface area contributed by atoms with E-state index in [0.717, 1.165) is 11.1 Å². The average Bonchev–Trinajstić information content (AvgIpc) is 3.34. The van der Waals surface area contributed by atoms with Crippen LogP contribution in [0.5, 0.6) is 0 Å². The van der Waals surface area contributed by atoms with E-state index >= 15 is 0 Å². The lowest BCUT2D eigenvalue weighted by Gasteiger charge is -2.16. The van der Waals surface area contributed by atoms with Gasteiger partial charge in [-0.1, -0.05) is 36.7 Å². The van der Waals surface area contributed by atoms with Crippen molar-refractivity contribution in [1.29, 1.82) is 0 Å². The third-order valence-corrected chi connectivity index (χ3v) is 5.95. The molecule has 0 saturated heterocycles. The van der Waals surface area contributed by atoms with Gasteiger partial charge < -0.3 is 4.90 Å². The highest BCUT2D eigenvalue weighted by Crippen LogP contribution is 2.26. The number of allylic oxidation sites excluding steroid dienone is 2. The molecule has 188 valence electrons. The van der Waals surface area contributed by atoms with E-state index in [-0.39, 0.29) is 33.9 Å². The molecule has 0 spiro atoms. The molecule has 2 aromatic heterocycles. The molecule has 2 heterocycles. The Morgan fingerprint density at radius 1 is 1.25 bits per heavy atom. The number of aromatic nitrogens is 3. The largest absolute Gasteiger partial charge is 0.343 e. The number of nitrogens with zero attached hydrogens (tertiary/aromatic N) is 5. The van der Waals surface area contributed by atoms with Gasteiger partial charge in [0.1, 0.15) is 10.8 Å². The molecule has 0 radical (unpaired) electrons. The maximum atomic E-state index is 13.2. The van der Waals surface area contributed by atoms with E-state index in [4.69, 9.17) is 11.6 Å². The van der Waals surface area contributed by atoms with Crippen LogP contribution in [0.25, 0.3) is 6.20 Å². The minimum atomic E-state index is -0.358. The maximum Gasteiger partial charge on any atom is 0.273 e. The highest BCUT2D eigenvalue weighted by atomic mass is 35.5. The van der Waals surface area contributed by atoms with E-state index < -0.39 is 0 Å². The van der Waals surface area contributed by atoms with Crippen molar-refractivity contribution in [2.24, 2.45) is 4.99 Å². The van der Waals surface area contributed by atoms with Crippen LogP contribution in [-0.4, -0.2) is 45.1 Å². The van der Waals surface area contributed by atoms with Crippen LogP contribution in [-0.2, 0) is 6.42 Å². The summed E-state index contributed by atoms with van der Waals surface area (Å²) in [6.45, 7) is 5.63. The Labute approximate surface area is 214 Å². The number of halogens is 2. The Kier molecular flexibility index (Phi) is 8.77. The van der Waals surface area contributed by atoms with Gasteiger partial charge in [0, 0.05) is 38.4 Å². The van der Waals surface area contributed by atoms with E-state index in [1.807, 2.05) is 26.8 Å². The zero-order valence-electron chi connectivity index (χ0n) is 20.9. The Hall–Kier alpha value is -3.78. The Morgan fingerprint density at radius 2 is 1.94 bits per heavy atom. The second kappa shape index (κ2) is 11.8. The molecule has 0 N–H and O–H groups in total. The number of hydrogen-bond donors (Lipinski definition) is 0. The zero-order valence-corrected chi connectivity index (χ0v) is 21.7. The van der Waals surface area contributed by atoms with Crippen LogP contribution in [0.1, 0.15) is 47.1 Å². The van der Waals surface area contributed by atoms with E-state index in [1.165, 1.54) is 26.3 Å². The first-order valence-electron chi connectivity index (χ1n) is 11.4. The molecule has 0 bridgehead atoms. The first kappa shape index (κ1) is 26.8. The maximum absolute atomic E-state index is 13.2. The number of amides is 1. The van der Waals surface area contributed by atoms with E-state index in [2.05, 4.69) is 10.1 Å². The second-order valence-corrected chi connectivity index (χ2v) is 8.97. The van der Waals surface area contributed by atoms with Gasteiger partial charge in [0.25, 0.3) is 11.5 Å². The molecule has 36 heavy (non-hydrogen) atoms. The molecule has 1 atom stereocenters. The fourth-order valence-corrected chi connectivity index (χ4v) is 3.97. The average molecular weight is 510 g/mol. The van der Waals surface area contributed by atoms with Crippen molar-refractivity contribution in [2.45, 2.75) is 33.1 Å². The smallest absolute Gasteiger partial charge is 0.273 e. The van der Waals surface area contributed by atoms with Crippen LogP contribution in [0.2, 0.25) is 5.02 Å². The van der Waals surface area contributed by atoms with Gasteiger partial charge in [-0.3, -0.25) is 14.2 Å². The lowest BCUT2D eigenvalue weighted by Crippen LogP contribution is -2.23. The van der Waals surface area contributed by atoms with Crippen molar-refractivity contribution in [1.82, 2.24) is 19.2 Å². The Bertz CT molecular complexity index is 1380. The quantitative estimate of drug-likeness (QED) is 0.327. The first-order chi connectivity index (χ1) is 17.1. The third kappa shape index (κ3) is 6.26. The van der Waals surface area contributed by atoms with Gasteiger partial charge in [0.2, 0.25) is 0 Å². The second-order valence-electron chi connectivity index (χ2n) is 8.59. The number of pyridine rings is 1. The van der Waals surface area contributed by atoms with Crippen LogP contribution in [0.3, 0.4) is 0 Å². The summed E-state index contributed by atoms with van der Waals surface area (Å²) in [5, 5.41) is 4.44. The third-order valence-electron chi connectivity index (χ3n) is 5.57. The van der Waals surface area contributed by atoms with Crippen LogP contribution in [0.4, 0.5) is 4.39 Å². The van der Waals surface area contributed by atoms with Crippen LogP contribution in [0.15, 0.2) is 70.7 Å². The van der Waals surface area contributed by atoms with E-state index in [0.29, 0.717) is 18.0 Å². The standard InChI is InChI=1S/C27H29ClFN5O2/c1-6-13-30-24(34-15-11-23(31-34)26(35)32(4)5)12-14-33-19(3)17-22(25(28)27(33)36)18(2)16-20-7-9-21(29)10-8-20/h6-15,17-18H,16H2,1-5H3/b13-6+,14-12+,30-24-. The van der Waals surface area contributed by atoms with Gasteiger partial charge >= 0.3 is 0 Å². The summed E-state index contributed by atoms with van der Waals surface area (Å²) >= 11 is 6.51. The van der Waals surface area contributed by atoms with Crippen molar-refractivity contribution in [3.05, 3.63) is 105 Å². The SMILES string of the molecule is C/C=C/N=C(/C=C/n1c(C)cc(C(C)Cc2ccc(F)cc2)c(Cl)c1=O)n1ccc(C(=O)N(C)C)n1. The lowest BCUT2D eigenvalue weighted by molar-refractivity contribution is 0.0821. The molecule has 9 heteroatoms. The number of rotatable bonds is 7. The van der Waals surface area contributed by atoms with Crippen molar-refractivity contribution < 1.29 is 9.18 Å². The molecule has 0 saturated carbocycles. The Balaban J connectivity index is 1.92.